The third-order valence-corrected chi connectivity index (χ3v) is 3.76. The lowest BCUT2D eigenvalue weighted by atomic mass is 9.92. The van der Waals surface area contributed by atoms with Crippen LogP contribution in [0.25, 0.3) is 0 Å². The van der Waals surface area contributed by atoms with Crippen molar-refractivity contribution < 1.29 is 19.5 Å². The molecular weight excluding hydrogens is 332 g/mol. The van der Waals surface area contributed by atoms with Crippen molar-refractivity contribution in [1.82, 2.24) is 4.90 Å². The number of nitrogens with zero attached hydrogens (tertiary/aromatic N) is 1. The van der Waals surface area contributed by atoms with Gasteiger partial charge in [-0.1, -0.05) is 32.4 Å². The Hall–Kier alpha value is -2.08. The average molecular weight is 355 g/mol. The van der Waals surface area contributed by atoms with Crippen molar-refractivity contribution in [1.29, 1.82) is 0 Å². The van der Waals surface area contributed by atoms with Crippen LogP contribution in [0.15, 0.2) is 18.2 Å². The lowest BCUT2D eigenvalue weighted by Crippen LogP contribution is -2.40. The van der Waals surface area contributed by atoms with Gasteiger partial charge in [0, 0.05) is 19.2 Å². The molecule has 2 N–H and O–H groups in total. The number of hydrogen-bond acceptors (Lipinski definition) is 3. The lowest BCUT2D eigenvalue weighted by Gasteiger charge is -2.22. The second-order valence-electron chi connectivity index (χ2n) is 6.91. The van der Waals surface area contributed by atoms with Crippen molar-refractivity contribution in [3.05, 3.63) is 28.8 Å². The van der Waals surface area contributed by atoms with Crippen molar-refractivity contribution in [2.75, 3.05) is 12.4 Å². The highest BCUT2D eigenvalue weighted by molar-refractivity contribution is 6.34. The van der Waals surface area contributed by atoms with E-state index in [1.165, 1.54) is 26.1 Å². The minimum atomic E-state index is -1.11. The van der Waals surface area contributed by atoms with Gasteiger partial charge < -0.3 is 15.3 Å². The lowest BCUT2D eigenvalue weighted by molar-refractivity contribution is -0.141. The number of aliphatic carboxylic acids is 1. The summed E-state index contributed by atoms with van der Waals surface area (Å²) in [5.74, 6) is -1.81. The Labute approximate surface area is 146 Å². The molecule has 0 fully saturated rings. The minimum Gasteiger partial charge on any atom is -0.480 e. The fraction of sp³-hybridized carbons (Fsp3) is 0.471. The number of carbonyl (C=O) groups is 3. The van der Waals surface area contributed by atoms with Crippen LogP contribution in [-0.4, -0.2) is 40.9 Å². The maximum Gasteiger partial charge on any atom is 0.326 e. The van der Waals surface area contributed by atoms with Crippen LogP contribution in [0, 0.1) is 5.41 Å². The predicted molar refractivity (Wildman–Crippen MR) is 93.3 cm³/mol. The van der Waals surface area contributed by atoms with E-state index < -0.39 is 17.9 Å². The average Bonchev–Trinajstić information content (AvgIpc) is 2.44. The predicted octanol–water partition coefficient (Wildman–Crippen LogP) is 3.26. The van der Waals surface area contributed by atoms with Crippen molar-refractivity contribution in [2.24, 2.45) is 5.41 Å². The molecular formula is C17H23ClN2O4. The first-order valence-corrected chi connectivity index (χ1v) is 7.89. The fourth-order valence-corrected chi connectivity index (χ4v) is 2.18. The van der Waals surface area contributed by atoms with Crippen LogP contribution >= 0.6 is 11.6 Å². The maximum absolute atomic E-state index is 12.4. The number of carboxylic acid groups (broad SMARTS) is 1. The third-order valence-electron chi connectivity index (χ3n) is 3.43. The number of rotatable bonds is 5. The number of amides is 2. The third kappa shape index (κ3) is 5.53. The van der Waals surface area contributed by atoms with Gasteiger partial charge in [-0.25, -0.2) is 4.79 Å². The van der Waals surface area contributed by atoms with Crippen LogP contribution in [0.4, 0.5) is 5.69 Å². The molecule has 1 aromatic rings. The van der Waals surface area contributed by atoms with Gasteiger partial charge in [0.15, 0.2) is 0 Å². The molecule has 0 aromatic heterocycles. The zero-order valence-corrected chi connectivity index (χ0v) is 15.3. The topological polar surface area (TPSA) is 86.7 Å². The molecule has 6 nitrogen and oxygen atoms in total. The largest absolute Gasteiger partial charge is 0.480 e. The van der Waals surface area contributed by atoms with E-state index in [1.54, 1.807) is 6.07 Å². The molecule has 1 rings (SSSR count). The zero-order chi connectivity index (χ0) is 18.7. The summed E-state index contributed by atoms with van der Waals surface area (Å²) in [6.45, 7) is 7.26. The molecule has 0 spiro atoms. The van der Waals surface area contributed by atoms with E-state index in [-0.39, 0.29) is 21.9 Å². The molecule has 0 aliphatic heterocycles. The van der Waals surface area contributed by atoms with Gasteiger partial charge in [0.1, 0.15) is 6.04 Å². The number of anilines is 1. The van der Waals surface area contributed by atoms with Gasteiger partial charge >= 0.3 is 5.97 Å². The monoisotopic (exact) mass is 354 g/mol. The van der Waals surface area contributed by atoms with Crippen LogP contribution < -0.4 is 5.32 Å². The summed E-state index contributed by atoms with van der Waals surface area (Å²) < 4.78 is 0. The Bertz CT molecular complexity index is 652. The van der Waals surface area contributed by atoms with Crippen molar-refractivity contribution in [2.45, 2.75) is 40.2 Å². The molecule has 1 aromatic carbocycles. The quantitative estimate of drug-likeness (QED) is 0.849. The summed E-state index contributed by atoms with van der Waals surface area (Å²) in [6, 6.07) is 3.56. The first kappa shape index (κ1) is 20.0. The van der Waals surface area contributed by atoms with E-state index in [0.29, 0.717) is 12.1 Å². The van der Waals surface area contributed by atoms with Gasteiger partial charge in [-0.3, -0.25) is 9.59 Å². The molecule has 0 saturated heterocycles. The Morgan fingerprint density at radius 3 is 2.38 bits per heavy atom. The van der Waals surface area contributed by atoms with Crippen LogP contribution in [0.5, 0.6) is 0 Å². The minimum absolute atomic E-state index is 0.140. The number of hydrogen-bond donors (Lipinski definition) is 2. The Kier molecular flexibility index (Phi) is 6.37. The molecule has 0 bridgehead atoms. The smallest absolute Gasteiger partial charge is 0.326 e. The summed E-state index contributed by atoms with van der Waals surface area (Å²) in [6.07, 6.45) is 0.328. The highest BCUT2D eigenvalue weighted by atomic mass is 35.5. The number of carbonyl (C=O) groups excluding carboxylic acids is 2. The van der Waals surface area contributed by atoms with E-state index in [2.05, 4.69) is 5.32 Å². The normalized spacial score (nSPS) is 12.4. The Morgan fingerprint density at radius 2 is 1.88 bits per heavy atom. The van der Waals surface area contributed by atoms with Crippen LogP contribution in [0.3, 0.4) is 0 Å². The van der Waals surface area contributed by atoms with Crippen LogP contribution in [-0.2, 0) is 9.59 Å². The second kappa shape index (κ2) is 7.66. The number of benzene rings is 1. The van der Waals surface area contributed by atoms with Gasteiger partial charge in [-0.2, -0.15) is 0 Å². The van der Waals surface area contributed by atoms with Gasteiger partial charge in [0.25, 0.3) is 5.91 Å². The molecule has 0 aliphatic carbocycles. The van der Waals surface area contributed by atoms with Crippen LogP contribution in [0.1, 0.15) is 44.5 Å². The van der Waals surface area contributed by atoms with E-state index in [1.807, 2.05) is 20.8 Å². The summed E-state index contributed by atoms with van der Waals surface area (Å²) in [5.41, 5.74) is 0.418. The summed E-state index contributed by atoms with van der Waals surface area (Å²) >= 11 is 6.05. The first-order chi connectivity index (χ1) is 10.9. The molecule has 0 radical (unpaired) electrons. The zero-order valence-electron chi connectivity index (χ0n) is 14.5. The van der Waals surface area contributed by atoms with Gasteiger partial charge in [0.2, 0.25) is 5.91 Å². The Morgan fingerprint density at radius 1 is 1.29 bits per heavy atom. The fourth-order valence-electron chi connectivity index (χ4n) is 1.99. The summed E-state index contributed by atoms with van der Waals surface area (Å²) in [4.78, 5) is 36.6. The number of carboxylic acids is 1. The van der Waals surface area contributed by atoms with E-state index in [4.69, 9.17) is 16.7 Å². The molecule has 0 heterocycles. The molecule has 7 heteroatoms. The van der Waals surface area contributed by atoms with E-state index >= 15 is 0 Å². The highest BCUT2D eigenvalue weighted by Crippen LogP contribution is 2.24. The summed E-state index contributed by atoms with van der Waals surface area (Å²) in [5, 5.41) is 11.9. The first-order valence-electron chi connectivity index (χ1n) is 7.52. The Balaban J connectivity index is 3.00. The maximum atomic E-state index is 12.4. The molecule has 0 aliphatic rings. The molecule has 24 heavy (non-hydrogen) atoms. The standard InChI is InChI=1S/C17H23ClN2O4/c1-10(16(23)24)20(5)15(22)12-8-11(6-7-13(12)18)19-14(21)9-17(2,3)4/h6-8,10H,9H2,1-5H3,(H,19,21)(H,23,24). The summed E-state index contributed by atoms with van der Waals surface area (Å²) in [7, 11) is 1.39. The second-order valence-corrected chi connectivity index (χ2v) is 7.32. The van der Waals surface area contributed by atoms with Gasteiger partial charge in [-0.05, 0) is 30.5 Å². The number of nitrogens with one attached hydrogen (secondary N) is 1. The van der Waals surface area contributed by atoms with Gasteiger partial charge in [0.05, 0.1) is 10.6 Å². The molecule has 132 valence electrons. The van der Waals surface area contributed by atoms with Crippen molar-refractivity contribution in [3.63, 3.8) is 0 Å². The van der Waals surface area contributed by atoms with Crippen molar-refractivity contribution >= 4 is 35.1 Å². The van der Waals surface area contributed by atoms with Crippen molar-refractivity contribution in [3.8, 4) is 0 Å². The van der Waals surface area contributed by atoms with E-state index in [9.17, 15) is 14.4 Å². The molecule has 0 saturated carbocycles. The molecule has 2 amide bonds. The SMILES string of the molecule is CC(C(=O)O)N(C)C(=O)c1cc(NC(=O)CC(C)(C)C)ccc1Cl. The molecule has 1 unspecified atom stereocenters. The van der Waals surface area contributed by atoms with Gasteiger partial charge in [-0.15, -0.1) is 0 Å². The molecule has 1 atom stereocenters. The highest BCUT2D eigenvalue weighted by Gasteiger charge is 2.25. The number of halogens is 1. The number of likely N-dealkylation sites (N-methyl/N-ethyl adjacent to an activating group) is 1. The van der Waals surface area contributed by atoms with E-state index in [0.717, 1.165) is 4.90 Å². The van der Waals surface area contributed by atoms with Crippen LogP contribution in [0.2, 0.25) is 5.02 Å².